The monoisotopic (exact) mass is 254 g/mol. The third kappa shape index (κ3) is 3.15. The number of hydrogen-bond acceptors (Lipinski definition) is 1. The summed E-state index contributed by atoms with van der Waals surface area (Å²) in [6.45, 7) is 0.933. The van der Waals surface area contributed by atoms with Crippen LogP contribution in [0.15, 0.2) is 30.3 Å². The number of aliphatic hydroxyl groups is 1. The average Bonchev–Trinajstić information content (AvgIpc) is 2.15. The molecule has 0 amide bonds. The van der Waals surface area contributed by atoms with E-state index in [2.05, 4.69) is 0 Å². The van der Waals surface area contributed by atoms with Gasteiger partial charge >= 0.3 is 12.1 Å². The summed E-state index contributed by atoms with van der Waals surface area (Å²) in [6.07, 6.45) is -7.36. The normalized spacial score (nSPS) is 16.6. The van der Waals surface area contributed by atoms with Crippen molar-refractivity contribution in [3.63, 3.8) is 0 Å². The molecule has 17 heavy (non-hydrogen) atoms. The van der Waals surface area contributed by atoms with E-state index in [9.17, 15) is 27.1 Å². The van der Waals surface area contributed by atoms with Gasteiger partial charge in [0.2, 0.25) is 0 Å². The third-order valence-corrected chi connectivity index (χ3v) is 2.38. The zero-order chi connectivity index (χ0) is 13.3. The lowest BCUT2D eigenvalue weighted by Crippen LogP contribution is -2.42. The van der Waals surface area contributed by atoms with Crippen LogP contribution in [0.2, 0.25) is 0 Å². The van der Waals surface area contributed by atoms with Crippen LogP contribution >= 0.6 is 0 Å². The highest BCUT2D eigenvalue weighted by molar-refractivity contribution is 5.21. The summed E-state index contributed by atoms with van der Waals surface area (Å²) in [6, 6.07) is 7.07. The molecule has 0 saturated heterocycles. The highest BCUT2D eigenvalue weighted by Crippen LogP contribution is 2.43. The highest BCUT2D eigenvalue weighted by atomic mass is 19.4. The van der Waals surface area contributed by atoms with Crippen molar-refractivity contribution in [2.24, 2.45) is 0 Å². The van der Waals surface area contributed by atoms with Gasteiger partial charge in [-0.25, -0.2) is 0 Å². The Morgan fingerprint density at radius 2 is 1.47 bits per heavy atom. The summed E-state index contributed by atoms with van der Waals surface area (Å²) in [7, 11) is 0. The summed E-state index contributed by atoms with van der Waals surface area (Å²) in [5.74, 6) is -4.92. The fraction of sp³-hybridized carbons (Fsp3) is 0.455. The molecule has 6 heteroatoms. The Morgan fingerprint density at radius 1 is 1.00 bits per heavy atom. The van der Waals surface area contributed by atoms with E-state index in [1.54, 1.807) is 6.07 Å². The maximum absolute atomic E-state index is 12.8. The molecule has 1 unspecified atom stereocenters. The van der Waals surface area contributed by atoms with Gasteiger partial charge in [-0.15, -0.1) is 0 Å². The van der Waals surface area contributed by atoms with Crippen LogP contribution < -0.4 is 0 Å². The van der Waals surface area contributed by atoms with E-state index in [0.717, 1.165) is 6.92 Å². The molecule has 0 aliphatic carbocycles. The molecule has 0 spiro atoms. The number of benzene rings is 1. The lowest BCUT2D eigenvalue weighted by Gasteiger charge is -2.29. The summed E-state index contributed by atoms with van der Waals surface area (Å²) in [5, 5.41) is 9.70. The Kier molecular flexibility index (Phi) is 3.47. The quantitative estimate of drug-likeness (QED) is 0.819. The van der Waals surface area contributed by atoms with Gasteiger partial charge in [-0.1, -0.05) is 30.3 Å². The highest BCUT2D eigenvalue weighted by Gasteiger charge is 2.59. The fourth-order valence-corrected chi connectivity index (χ4v) is 1.43. The van der Waals surface area contributed by atoms with Gasteiger partial charge in [0.1, 0.15) is 0 Å². The minimum Gasteiger partial charge on any atom is -0.385 e. The first-order valence-electron chi connectivity index (χ1n) is 4.79. The van der Waals surface area contributed by atoms with Crippen molar-refractivity contribution in [2.75, 3.05) is 0 Å². The van der Waals surface area contributed by atoms with Crippen LogP contribution in [-0.2, 0) is 5.60 Å². The van der Waals surface area contributed by atoms with Gasteiger partial charge in [0.05, 0.1) is 12.0 Å². The van der Waals surface area contributed by atoms with E-state index in [4.69, 9.17) is 0 Å². The summed E-state index contributed by atoms with van der Waals surface area (Å²) in [4.78, 5) is 0. The van der Waals surface area contributed by atoms with Crippen molar-refractivity contribution in [2.45, 2.75) is 31.0 Å². The van der Waals surface area contributed by atoms with E-state index in [1.807, 2.05) is 0 Å². The maximum atomic E-state index is 12.8. The van der Waals surface area contributed by atoms with Crippen LogP contribution in [0.4, 0.5) is 22.0 Å². The average molecular weight is 254 g/mol. The van der Waals surface area contributed by atoms with Crippen molar-refractivity contribution in [3.8, 4) is 0 Å². The first kappa shape index (κ1) is 13.9. The van der Waals surface area contributed by atoms with Gasteiger partial charge in [-0.3, -0.25) is 0 Å². The van der Waals surface area contributed by atoms with Crippen molar-refractivity contribution < 1.29 is 27.1 Å². The zero-order valence-corrected chi connectivity index (χ0v) is 8.93. The molecule has 0 aromatic heterocycles. The summed E-state index contributed by atoms with van der Waals surface area (Å²) >= 11 is 0. The van der Waals surface area contributed by atoms with E-state index < -0.39 is 24.1 Å². The van der Waals surface area contributed by atoms with Gasteiger partial charge in [0.25, 0.3) is 0 Å². The topological polar surface area (TPSA) is 20.2 Å². The van der Waals surface area contributed by atoms with Gasteiger partial charge in [0.15, 0.2) is 0 Å². The van der Waals surface area contributed by atoms with Crippen LogP contribution in [0.5, 0.6) is 0 Å². The number of rotatable bonds is 3. The lowest BCUT2D eigenvalue weighted by atomic mass is 9.89. The second-order valence-electron chi connectivity index (χ2n) is 4.02. The lowest BCUT2D eigenvalue weighted by molar-refractivity contribution is -0.296. The smallest absolute Gasteiger partial charge is 0.385 e. The molecule has 1 aromatic rings. The minimum absolute atomic E-state index is 0.0175. The molecular weight excluding hydrogens is 243 g/mol. The van der Waals surface area contributed by atoms with E-state index >= 15 is 0 Å². The van der Waals surface area contributed by atoms with Crippen LogP contribution in [0.1, 0.15) is 18.9 Å². The Balaban J connectivity index is 2.95. The Morgan fingerprint density at radius 3 is 1.88 bits per heavy atom. The first-order valence-corrected chi connectivity index (χ1v) is 4.79. The first-order chi connectivity index (χ1) is 7.56. The molecule has 1 atom stereocenters. The standard InChI is InChI=1S/C11H11F5O/c1-9(17,8-5-3-2-4-6-8)7-10(12,13)11(14,15)16/h2-6,17H,7H2,1H3. The van der Waals surface area contributed by atoms with Crippen LogP contribution in [0.3, 0.4) is 0 Å². The molecule has 1 aromatic carbocycles. The molecule has 1 nitrogen and oxygen atoms in total. The molecule has 1 rings (SSSR count). The van der Waals surface area contributed by atoms with Gasteiger partial charge in [-0.2, -0.15) is 22.0 Å². The van der Waals surface area contributed by atoms with Crippen molar-refractivity contribution in [1.82, 2.24) is 0 Å². The van der Waals surface area contributed by atoms with Gasteiger partial charge < -0.3 is 5.11 Å². The second-order valence-corrected chi connectivity index (χ2v) is 4.02. The largest absolute Gasteiger partial charge is 0.453 e. The van der Waals surface area contributed by atoms with Crippen LogP contribution in [-0.4, -0.2) is 17.2 Å². The SMILES string of the molecule is CC(O)(CC(F)(F)C(F)(F)F)c1ccccc1. The third-order valence-electron chi connectivity index (χ3n) is 2.38. The van der Waals surface area contributed by atoms with Crippen LogP contribution in [0.25, 0.3) is 0 Å². The fourth-order valence-electron chi connectivity index (χ4n) is 1.43. The molecule has 96 valence electrons. The van der Waals surface area contributed by atoms with Crippen LogP contribution in [0, 0.1) is 0 Å². The Hall–Kier alpha value is -1.17. The maximum Gasteiger partial charge on any atom is 0.453 e. The van der Waals surface area contributed by atoms with Crippen molar-refractivity contribution >= 4 is 0 Å². The molecule has 0 aliphatic heterocycles. The van der Waals surface area contributed by atoms with E-state index in [1.165, 1.54) is 24.3 Å². The van der Waals surface area contributed by atoms with E-state index in [0.29, 0.717) is 0 Å². The predicted molar refractivity (Wildman–Crippen MR) is 51.6 cm³/mol. The molecule has 1 N–H and O–H groups in total. The zero-order valence-electron chi connectivity index (χ0n) is 8.93. The number of halogens is 5. The predicted octanol–water partition coefficient (Wildman–Crippen LogP) is 3.48. The molecule has 0 saturated carbocycles. The van der Waals surface area contributed by atoms with Crippen molar-refractivity contribution in [3.05, 3.63) is 35.9 Å². The molecule has 0 aliphatic rings. The molecule has 0 bridgehead atoms. The molecule has 0 fully saturated rings. The summed E-state index contributed by atoms with van der Waals surface area (Å²) in [5.41, 5.74) is -2.22. The molecular formula is C11H11F5O. The minimum atomic E-state index is -5.66. The summed E-state index contributed by atoms with van der Waals surface area (Å²) < 4.78 is 61.7. The number of alkyl halides is 5. The van der Waals surface area contributed by atoms with Crippen molar-refractivity contribution in [1.29, 1.82) is 0 Å². The van der Waals surface area contributed by atoms with Gasteiger partial charge in [-0.05, 0) is 12.5 Å². The van der Waals surface area contributed by atoms with Gasteiger partial charge in [0, 0.05) is 0 Å². The molecule has 0 radical (unpaired) electrons. The molecule has 0 heterocycles. The van der Waals surface area contributed by atoms with E-state index in [-0.39, 0.29) is 5.56 Å². The Bertz CT molecular complexity index is 369. The number of hydrogen-bond donors (Lipinski definition) is 1. The second kappa shape index (κ2) is 4.25. The Labute approximate surface area is 94.9 Å².